The summed E-state index contributed by atoms with van der Waals surface area (Å²) in [7, 11) is -1.65. The highest BCUT2D eigenvalue weighted by Crippen LogP contribution is 2.36. The van der Waals surface area contributed by atoms with E-state index in [-0.39, 0.29) is 17.4 Å². The molecule has 1 rings (SSSR count). The van der Waals surface area contributed by atoms with E-state index >= 15 is 0 Å². The molecule has 0 aromatic carbocycles. The quantitative estimate of drug-likeness (QED) is 0.359. The number of carbonyl (C=O) groups excluding carboxylic acids is 1. The maximum absolute atomic E-state index is 12.0. The normalized spacial score (nSPS) is 24.3. The molecule has 7 heteroatoms. The van der Waals surface area contributed by atoms with Crippen LogP contribution < -0.4 is 5.32 Å². The summed E-state index contributed by atoms with van der Waals surface area (Å²) in [5.74, 6) is -0.281. The van der Waals surface area contributed by atoms with Crippen LogP contribution in [0.4, 0.5) is 0 Å². The number of aliphatic hydroxyl groups excluding tert-OH is 3. The zero-order chi connectivity index (χ0) is 20.0. The predicted octanol–water partition coefficient (Wildman–Crippen LogP) is 2.10. The highest BCUT2D eigenvalue weighted by atomic mass is 28.4. The lowest BCUT2D eigenvalue weighted by Crippen LogP contribution is -2.42. The Kier molecular flexibility index (Phi) is 8.95. The zero-order valence-corrected chi connectivity index (χ0v) is 17.9. The first kappa shape index (κ1) is 23.3. The lowest BCUT2D eigenvalue weighted by molar-refractivity contribution is -0.119. The summed E-state index contributed by atoms with van der Waals surface area (Å²) in [6.07, 6.45) is 1.87. The van der Waals surface area contributed by atoms with Gasteiger partial charge in [0.2, 0.25) is 5.91 Å². The molecule has 0 saturated heterocycles. The average Bonchev–Trinajstić information content (AvgIpc) is 2.53. The second-order valence-electron chi connectivity index (χ2n) is 8.72. The smallest absolute Gasteiger partial charge is 0.247 e. The molecular formula is C19H37NO5Si. The van der Waals surface area contributed by atoms with Crippen molar-refractivity contribution in [2.75, 3.05) is 13.2 Å². The largest absolute Gasteiger partial charge is 0.417 e. The van der Waals surface area contributed by atoms with Gasteiger partial charge in [0.1, 0.15) is 12.2 Å². The molecule has 1 aliphatic carbocycles. The van der Waals surface area contributed by atoms with Crippen LogP contribution in [0.3, 0.4) is 0 Å². The third kappa shape index (κ3) is 7.11. The molecule has 26 heavy (non-hydrogen) atoms. The van der Waals surface area contributed by atoms with E-state index in [0.717, 1.165) is 32.3 Å². The van der Waals surface area contributed by atoms with Gasteiger partial charge in [-0.3, -0.25) is 4.79 Å². The molecule has 0 aromatic rings. The molecule has 0 bridgehead atoms. The standard InChI is InChI=1S/C19H37NO5Si/c1-19(2,3)26(4,5)25-11-9-7-6-8-10-20-18(24)14-12-15(21)17(23)16(22)13-14/h12,15-17,21-23H,6-11,13H2,1-5H3,(H,20,24)/t15-,16-,17-/m1/s1. The minimum absolute atomic E-state index is 0.0643. The first-order chi connectivity index (χ1) is 12.0. The first-order valence-electron chi connectivity index (χ1n) is 9.63. The highest BCUT2D eigenvalue weighted by molar-refractivity contribution is 6.74. The van der Waals surface area contributed by atoms with E-state index in [2.05, 4.69) is 39.2 Å². The summed E-state index contributed by atoms with van der Waals surface area (Å²) in [4.78, 5) is 12.0. The molecule has 1 aliphatic rings. The third-order valence-electron chi connectivity index (χ3n) is 5.46. The van der Waals surface area contributed by atoms with Crippen molar-refractivity contribution in [3.8, 4) is 0 Å². The van der Waals surface area contributed by atoms with Crippen LogP contribution in [0.15, 0.2) is 11.6 Å². The van der Waals surface area contributed by atoms with Crippen LogP contribution in [-0.2, 0) is 9.22 Å². The zero-order valence-electron chi connectivity index (χ0n) is 16.9. The molecule has 4 N–H and O–H groups in total. The molecule has 0 saturated carbocycles. The molecule has 152 valence electrons. The Morgan fingerprint density at radius 1 is 1.19 bits per heavy atom. The molecule has 0 heterocycles. The summed E-state index contributed by atoms with van der Waals surface area (Å²) >= 11 is 0. The lowest BCUT2D eigenvalue weighted by Gasteiger charge is -2.36. The number of hydrogen-bond acceptors (Lipinski definition) is 5. The summed E-state index contributed by atoms with van der Waals surface area (Å²) in [6.45, 7) is 12.6. The second-order valence-corrected chi connectivity index (χ2v) is 13.5. The Hall–Kier alpha value is -0.733. The molecule has 0 fully saturated rings. The van der Waals surface area contributed by atoms with Crippen LogP contribution in [0.5, 0.6) is 0 Å². The fourth-order valence-electron chi connectivity index (χ4n) is 2.55. The fraction of sp³-hybridized carbons (Fsp3) is 0.842. The molecule has 0 spiro atoms. The van der Waals surface area contributed by atoms with E-state index < -0.39 is 26.6 Å². The number of amides is 1. The summed E-state index contributed by atoms with van der Waals surface area (Å²) < 4.78 is 6.14. The summed E-state index contributed by atoms with van der Waals surface area (Å²) in [6, 6.07) is 0. The average molecular weight is 388 g/mol. The Balaban J connectivity index is 2.14. The van der Waals surface area contributed by atoms with Crippen LogP contribution in [0, 0.1) is 0 Å². The van der Waals surface area contributed by atoms with E-state index in [1.807, 2.05) is 0 Å². The Labute approximate surface area is 158 Å². The predicted molar refractivity (Wildman–Crippen MR) is 105 cm³/mol. The van der Waals surface area contributed by atoms with Crippen molar-refractivity contribution in [1.82, 2.24) is 5.32 Å². The van der Waals surface area contributed by atoms with Gasteiger partial charge in [-0.15, -0.1) is 0 Å². The van der Waals surface area contributed by atoms with Gasteiger partial charge in [-0.05, 0) is 37.0 Å². The molecule has 0 unspecified atom stereocenters. The van der Waals surface area contributed by atoms with Crippen molar-refractivity contribution in [2.24, 2.45) is 0 Å². The molecular weight excluding hydrogens is 350 g/mol. The summed E-state index contributed by atoms with van der Waals surface area (Å²) in [5.41, 5.74) is 0.332. The number of aliphatic hydroxyl groups is 3. The minimum Gasteiger partial charge on any atom is -0.417 e. The molecule has 0 aliphatic heterocycles. The Bertz CT molecular complexity index is 487. The van der Waals surface area contributed by atoms with E-state index in [1.165, 1.54) is 6.08 Å². The van der Waals surface area contributed by atoms with Crippen LogP contribution in [0.2, 0.25) is 18.1 Å². The molecule has 6 nitrogen and oxygen atoms in total. The fourth-order valence-corrected chi connectivity index (χ4v) is 3.64. The van der Waals surface area contributed by atoms with Crippen LogP contribution in [0.1, 0.15) is 52.9 Å². The van der Waals surface area contributed by atoms with Crippen molar-refractivity contribution >= 4 is 14.2 Å². The van der Waals surface area contributed by atoms with Gasteiger partial charge in [0.15, 0.2) is 8.32 Å². The third-order valence-corrected chi connectivity index (χ3v) is 10.0. The van der Waals surface area contributed by atoms with Gasteiger partial charge < -0.3 is 25.1 Å². The topological polar surface area (TPSA) is 99.0 Å². The monoisotopic (exact) mass is 387 g/mol. The Morgan fingerprint density at radius 2 is 1.81 bits per heavy atom. The van der Waals surface area contributed by atoms with Gasteiger partial charge in [-0.1, -0.05) is 33.6 Å². The van der Waals surface area contributed by atoms with Gasteiger partial charge in [-0.25, -0.2) is 0 Å². The molecule has 0 aromatic heterocycles. The van der Waals surface area contributed by atoms with Gasteiger partial charge in [0, 0.05) is 25.1 Å². The van der Waals surface area contributed by atoms with Crippen molar-refractivity contribution in [3.63, 3.8) is 0 Å². The van der Waals surface area contributed by atoms with Crippen molar-refractivity contribution in [3.05, 3.63) is 11.6 Å². The summed E-state index contributed by atoms with van der Waals surface area (Å²) in [5, 5.41) is 31.7. The van der Waals surface area contributed by atoms with E-state index in [9.17, 15) is 20.1 Å². The number of hydrogen-bond donors (Lipinski definition) is 4. The number of carbonyl (C=O) groups is 1. The van der Waals surface area contributed by atoms with Gasteiger partial charge in [0.05, 0.1) is 6.10 Å². The van der Waals surface area contributed by atoms with Gasteiger partial charge in [-0.2, -0.15) is 0 Å². The van der Waals surface area contributed by atoms with Crippen LogP contribution >= 0.6 is 0 Å². The number of unbranched alkanes of at least 4 members (excludes halogenated alkanes) is 3. The van der Waals surface area contributed by atoms with Crippen LogP contribution in [-0.4, -0.2) is 61.0 Å². The SMILES string of the molecule is CC(C)(C)[Si](C)(C)OCCCCCCNC(=O)C1=C[C@@H](O)[C@@H](O)[C@H](O)C1. The first-order valence-corrected chi connectivity index (χ1v) is 12.5. The minimum atomic E-state index is -1.65. The van der Waals surface area contributed by atoms with Crippen LogP contribution in [0.25, 0.3) is 0 Å². The van der Waals surface area contributed by atoms with E-state index in [0.29, 0.717) is 12.1 Å². The van der Waals surface area contributed by atoms with E-state index in [1.54, 1.807) is 0 Å². The number of nitrogens with one attached hydrogen (secondary N) is 1. The van der Waals surface area contributed by atoms with Crippen molar-refractivity contribution < 1.29 is 24.5 Å². The Morgan fingerprint density at radius 3 is 2.38 bits per heavy atom. The molecule has 3 atom stereocenters. The maximum atomic E-state index is 12.0. The number of rotatable bonds is 9. The highest BCUT2D eigenvalue weighted by Gasteiger charge is 2.36. The van der Waals surface area contributed by atoms with E-state index in [4.69, 9.17) is 4.43 Å². The van der Waals surface area contributed by atoms with Gasteiger partial charge in [0.25, 0.3) is 0 Å². The maximum Gasteiger partial charge on any atom is 0.247 e. The molecule has 1 amide bonds. The van der Waals surface area contributed by atoms with Crippen molar-refractivity contribution in [1.29, 1.82) is 0 Å². The second kappa shape index (κ2) is 9.99. The molecule has 0 radical (unpaired) electrons. The lowest BCUT2D eigenvalue weighted by atomic mass is 9.92. The van der Waals surface area contributed by atoms with Gasteiger partial charge >= 0.3 is 0 Å². The van der Waals surface area contributed by atoms with Crippen molar-refractivity contribution in [2.45, 2.75) is 89.3 Å².